The van der Waals surface area contributed by atoms with Gasteiger partial charge in [0.15, 0.2) is 5.69 Å². The Morgan fingerprint density at radius 1 is 1.20 bits per heavy atom. The SMILES string of the molecule is CC(C)(C)c1ccccc1Oc1cncc(C(=O)O)n1. The van der Waals surface area contributed by atoms with Gasteiger partial charge in [0.2, 0.25) is 5.88 Å². The average molecular weight is 272 g/mol. The van der Waals surface area contributed by atoms with Crippen molar-refractivity contribution in [3.05, 3.63) is 47.9 Å². The van der Waals surface area contributed by atoms with Crippen molar-refractivity contribution in [1.29, 1.82) is 0 Å². The largest absolute Gasteiger partial charge is 0.476 e. The molecule has 20 heavy (non-hydrogen) atoms. The molecule has 5 nitrogen and oxygen atoms in total. The minimum Gasteiger partial charge on any atom is -0.476 e. The number of hydrogen-bond acceptors (Lipinski definition) is 4. The molecular weight excluding hydrogens is 256 g/mol. The standard InChI is InChI=1S/C15H16N2O3/c1-15(2,3)10-6-4-5-7-12(10)20-13-9-16-8-11(17-13)14(18)19/h4-9H,1-3H3,(H,18,19). The highest BCUT2D eigenvalue weighted by Crippen LogP contribution is 2.33. The summed E-state index contributed by atoms with van der Waals surface area (Å²) in [5.41, 5.74) is 0.785. The Morgan fingerprint density at radius 2 is 1.90 bits per heavy atom. The van der Waals surface area contributed by atoms with Crippen LogP contribution in [0.3, 0.4) is 0 Å². The predicted molar refractivity (Wildman–Crippen MR) is 74.2 cm³/mol. The van der Waals surface area contributed by atoms with Gasteiger partial charge in [0.25, 0.3) is 0 Å². The van der Waals surface area contributed by atoms with Gasteiger partial charge in [0.1, 0.15) is 5.75 Å². The first-order chi connectivity index (χ1) is 9.38. The highest BCUT2D eigenvalue weighted by molar-refractivity contribution is 5.84. The maximum absolute atomic E-state index is 10.9. The van der Waals surface area contributed by atoms with Crippen molar-refractivity contribution >= 4 is 5.97 Å². The molecule has 2 aromatic rings. The lowest BCUT2D eigenvalue weighted by Gasteiger charge is -2.22. The minimum atomic E-state index is -1.13. The van der Waals surface area contributed by atoms with Crippen LogP contribution in [0.25, 0.3) is 0 Å². The molecule has 0 atom stereocenters. The maximum Gasteiger partial charge on any atom is 0.356 e. The first-order valence-corrected chi connectivity index (χ1v) is 6.20. The Hall–Kier alpha value is -2.43. The van der Waals surface area contributed by atoms with Crippen LogP contribution in [0.2, 0.25) is 0 Å². The maximum atomic E-state index is 10.9. The lowest BCUT2D eigenvalue weighted by Crippen LogP contribution is -2.12. The molecule has 1 aromatic heterocycles. The zero-order valence-corrected chi connectivity index (χ0v) is 11.6. The van der Waals surface area contributed by atoms with Gasteiger partial charge in [-0.15, -0.1) is 0 Å². The van der Waals surface area contributed by atoms with Crippen molar-refractivity contribution in [3.63, 3.8) is 0 Å². The van der Waals surface area contributed by atoms with Crippen LogP contribution in [0.4, 0.5) is 0 Å². The fourth-order valence-electron chi connectivity index (χ4n) is 1.79. The van der Waals surface area contributed by atoms with Gasteiger partial charge in [0.05, 0.1) is 12.4 Å². The molecule has 1 aromatic carbocycles. The van der Waals surface area contributed by atoms with Crippen molar-refractivity contribution in [2.45, 2.75) is 26.2 Å². The van der Waals surface area contributed by atoms with E-state index in [1.165, 1.54) is 12.4 Å². The molecule has 1 heterocycles. The number of aromatic carboxylic acids is 1. The third kappa shape index (κ3) is 3.12. The fraction of sp³-hybridized carbons (Fsp3) is 0.267. The number of benzene rings is 1. The minimum absolute atomic E-state index is 0.0889. The molecule has 0 amide bonds. The Balaban J connectivity index is 2.36. The number of rotatable bonds is 3. The Morgan fingerprint density at radius 3 is 2.55 bits per heavy atom. The van der Waals surface area contributed by atoms with E-state index < -0.39 is 5.97 Å². The quantitative estimate of drug-likeness (QED) is 0.928. The first-order valence-electron chi connectivity index (χ1n) is 6.20. The van der Waals surface area contributed by atoms with Gasteiger partial charge in [-0.05, 0) is 11.5 Å². The van der Waals surface area contributed by atoms with Gasteiger partial charge in [-0.1, -0.05) is 39.0 Å². The smallest absolute Gasteiger partial charge is 0.356 e. The van der Waals surface area contributed by atoms with Crippen LogP contribution in [-0.4, -0.2) is 21.0 Å². The number of para-hydroxylation sites is 1. The van der Waals surface area contributed by atoms with Gasteiger partial charge in [-0.3, -0.25) is 4.98 Å². The molecule has 0 fully saturated rings. The molecule has 0 saturated heterocycles. The van der Waals surface area contributed by atoms with Gasteiger partial charge in [-0.2, -0.15) is 0 Å². The molecule has 0 aliphatic rings. The summed E-state index contributed by atoms with van der Waals surface area (Å²) in [6.07, 6.45) is 2.58. The monoisotopic (exact) mass is 272 g/mol. The highest BCUT2D eigenvalue weighted by Gasteiger charge is 2.19. The molecule has 0 aliphatic heterocycles. The van der Waals surface area contributed by atoms with E-state index in [4.69, 9.17) is 9.84 Å². The average Bonchev–Trinajstić information content (AvgIpc) is 2.38. The van der Waals surface area contributed by atoms with Crippen molar-refractivity contribution in [2.75, 3.05) is 0 Å². The van der Waals surface area contributed by atoms with Gasteiger partial charge < -0.3 is 9.84 Å². The van der Waals surface area contributed by atoms with E-state index in [-0.39, 0.29) is 17.0 Å². The van der Waals surface area contributed by atoms with Gasteiger partial charge >= 0.3 is 5.97 Å². The third-order valence-corrected chi connectivity index (χ3v) is 2.74. The second-order valence-corrected chi connectivity index (χ2v) is 5.40. The Bertz CT molecular complexity index is 633. The topological polar surface area (TPSA) is 72.3 Å². The molecule has 0 saturated carbocycles. The van der Waals surface area contributed by atoms with E-state index in [9.17, 15) is 4.79 Å². The zero-order chi connectivity index (χ0) is 14.8. The van der Waals surface area contributed by atoms with E-state index in [0.29, 0.717) is 5.75 Å². The second kappa shape index (κ2) is 5.28. The molecule has 104 valence electrons. The summed E-state index contributed by atoms with van der Waals surface area (Å²) in [5.74, 6) is -0.314. The number of hydrogen-bond donors (Lipinski definition) is 1. The number of carbonyl (C=O) groups is 1. The summed E-state index contributed by atoms with van der Waals surface area (Å²) < 4.78 is 5.69. The van der Waals surface area contributed by atoms with Crippen molar-refractivity contribution < 1.29 is 14.6 Å². The molecule has 0 spiro atoms. The molecule has 0 aliphatic carbocycles. The molecule has 5 heteroatoms. The van der Waals surface area contributed by atoms with Crippen LogP contribution >= 0.6 is 0 Å². The van der Waals surface area contributed by atoms with Crippen LogP contribution < -0.4 is 4.74 Å². The van der Waals surface area contributed by atoms with E-state index >= 15 is 0 Å². The van der Waals surface area contributed by atoms with Crippen LogP contribution in [0.5, 0.6) is 11.6 Å². The van der Waals surface area contributed by atoms with Crippen LogP contribution in [0.1, 0.15) is 36.8 Å². The number of aromatic nitrogens is 2. The number of carboxylic acids is 1. The van der Waals surface area contributed by atoms with E-state index in [2.05, 4.69) is 30.7 Å². The van der Waals surface area contributed by atoms with Crippen LogP contribution in [0, 0.1) is 0 Å². The summed E-state index contributed by atoms with van der Waals surface area (Å²) in [4.78, 5) is 18.6. The zero-order valence-electron chi connectivity index (χ0n) is 11.6. The Kier molecular flexibility index (Phi) is 3.70. The summed E-state index contributed by atoms with van der Waals surface area (Å²) in [7, 11) is 0. The Labute approximate surface area is 117 Å². The van der Waals surface area contributed by atoms with Crippen molar-refractivity contribution in [3.8, 4) is 11.6 Å². The lowest BCUT2D eigenvalue weighted by molar-refractivity contribution is 0.0689. The van der Waals surface area contributed by atoms with Crippen molar-refractivity contribution in [1.82, 2.24) is 9.97 Å². The van der Waals surface area contributed by atoms with Crippen molar-refractivity contribution in [2.24, 2.45) is 0 Å². The molecular formula is C15H16N2O3. The second-order valence-electron chi connectivity index (χ2n) is 5.40. The highest BCUT2D eigenvalue weighted by atomic mass is 16.5. The fourth-order valence-corrected chi connectivity index (χ4v) is 1.79. The summed E-state index contributed by atoms with van der Waals surface area (Å²) in [6.45, 7) is 6.23. The third-order valence-electron chi connectivity index (χ3n) is 2.74. The number of carboxylic acid groups (broad SMARTS) is 1. The first kappa shape index (κ1) is 14.0. The van der Waals surface area contributed by atoms with E-state index in [0.717, 1.165) is 5.56 Å². The molecule has 0 radical (unpaired) electrons. The summed E-state index contributed by atoms with van der Waals surface area (Å²) >= 11 is 0. The van der Waals surface area contributed by atoms with Crippen LogP contribution in [0.15, 0.2) is 36.7 Å². The molecule has 0 bridgehead atoms. The molecule has 1 N–H and O–H groups in total. The lowest BCUT2D eigenvalue weighted by atomic mass is 9.86. The predicted octanol–water partition coefficient (Wildman–Crippen LogP) is 3.26. The number of nitrogens with zero attached hydrogens (tertiary/aromatic N) is 2. The number of ether oxygens (including phenoxy) is 1. The van der Waals surface area contributed by atoms with Crippen LogP contribution in [-0.2, 0) is 5.41 Å². The summed E-state index contributed by atoms with van der Waals surface area (Å²) in [6, 6.07) is 7.60. The summed E-state index contributed by atoms with van der Waals surface area (Å²) in [5, 5.41) is 8.90. The van der Waals surface area contributed by atoms with E-state index in [1.807, 2.05) is 24.3 Å². The molecule has 2 rings (SSSR count). The van der Waals surface area contributed by atoms with Gasteiger partial charge in [0, 0.05) is 5.56 Å². The molecule has 0 unspecified atom stereocenters. The normalized spacial score (nSPS) is 11.2. The van der Waals surface area contributed by atoms with E-state index in [1.54, 1.807) is 0 Å². The van der Waals surface area contributed by atoms with Gasteiger partial charge in [-0.25, -0.2) is 9.78 Å².